The summed E-state index contributed by atoms with van der Waals surface area (Å²) in [6, 6.07) is 5.84. The molecule has 0 heterocycles. The lowest BCUT2D eigenvalue weighted by molar-refractivity contribution is 0.346. The van der Waals surface area contributed by atoms with Crippen LogP contribution in [0.25, 0.3) is 0 Å². The fourth-order valence-electron chi connectivity index (χ4n) is 1.42. The molecular formula is C14H21NO2. The zero-order valence-corrected chi connectivity index (χ0v) is 10.9. The summed E-state index contributed by atoms with van der Waals surface area (Å²) in [5.74, 6) is 1.73. The van der Waals surface area contributed by atoms with Crippen LogP contribution in [0.1, 0.15) is 19.4 Å². The zero-order valence-electron chi connectivity index (χ0n) is 10.9. The van der Waals surface area contributed by atoms with E-state index in [1.807, 2.05) is 25.1 Å². The van der Waals surface area contributed by atoms with Gasteiger partial charge in [0.1, 0.15) is 18.1 Å². The van der Waals surface area contributed by atoms with Crippen LogP contribution in [0, 0.1) is 0 Å². The lowest BCUT2D eigenvalue weighted by Crippen LogP contribution is -2.13. The number of rotatable bonds is 7. The van der Waals surface area contributed by atoms with Crippen LogP contribution in [0.2, 0.25) is 0 Å². The number of hydrogen-bond donors (Lipinski definition) is 1. The van der Waals surface area contributed by atoms with Gasteiger partial charge in [-0.05, 0) is 37.2 Å². The standard InChI is InChI=1S/C14H21NO2/c1-5-15-9-12-8-13(16-4)6-7-14(12)17-10-11(2)3/h6-8,15H,2,5,9-10H2,1,3-4H3. The van der Waals surface area contributed by atoms with Crippen molar-refractivity contribution in [1.29, 1.82) is 0 Å². The Morgan fingerprint density at radius 3 is 2.76 bits per heavy atom. The lowest BCUT2D eigenvalue weighted by Gasteiger charge is -2.13. The quantitative estimate of drug-likeness (QED) is 0.737. The molecule has 0 saturated carbocycles. The number of hydrogen-bond acceptors (Lipinski definition) is 3. The molecule has 3 nitrogen and oxygen atoms in total. The molecule has 1 rings (SSSR count). The van der Waals surface area contributed by atoms with Crippen LogP contribution in [-0.4, -0.2) is 20.3 Å². The Balaban J connectivity index is 2.81. The molecular weight excluding hydrogens is 214 g/mol. The molecule has 17 heavy (non-hydrogen) atoms. The van der Waals surface area contributed by atoms with Crippen molar-refractivity contribution in [2.75, 3.05) is 20.3 Å². The predicted octanol–water partition coefficient (Wildman–Crippen LogP) is 2.76. The van der Waals surface area contributed by atoms with Crippen LogP contribution < -0.4 is 14.8 Å². The first-order valence-electron chi connectivity index (χ1n) is 5.82. The van der Waals surface area contributed by atoms with E-state index in [1.54, 1.807) is 7.11 Å². The van der Waals surface area contributed by atoms with Crippen molar-refractivity contribution in [3.63, 3.8) is 0 Å². The molecule has 0 amide bonds. The zero-order chi connectivity index (χ0) is 12.7. The van der Waals surface area contributed by atoms with Crippen LogP contribution in [-0.2, 0) is 6.54 Å². The minimum atomic E-state index is 0.547. The molecule has 0 radical (unpaired) electrons. The fourth-order valence-corrected chi connectivity index (χ4v) is 1.42. The Bertz CT molecular complexity index is 374. The summed E-state index contributed by atoms with van der Waals surface area (Å²) < 4.78 is 10.9. The Morgan fingerprint density at radius 2 is 2.18 bits per heavy atom. The van der Waals surface area contributed by atoms with Crippen molar-refractivity contribution in [2.45, 2.75) is 20.4 Å². The molecule has 1 N–H and O–H groups in total. The van der Waals surface area contributed by atoms with E-state index in [4.69, 9.17) is 9.47 Å². The van der Waals surface area contributed by atoms with Gasteiger partial charge in [-0.1, -0.05) is 13.5 Å². The van der Waals surface area contributed by atoms with Crippen molar-refractivity contribution < 1.29 is 9.47 Å². The first kappa shape index (κ1) is 13.6. The monoisotopic (exact) mass is 235 g/mol. The number of ether oxygens (including phenoxy) is 2. The van der Waals surface area contributed by atoms with Crippen molar-refractivity contribution in [1.82, 2.24) is 5.32 Å². The van der Waals surface area contributed by atoms with Gasteiger partial charge in [-0.15, -0.1) is 0 Å². The van der Waals surface area contributed by atoms with Crippen LogP contribution in [0.3, 0.4) is 0 Å². The fraction of sp³-hybridized carbons (Fsp3) is 0.429. The molecule has 3 heteroatoms. The number of nitrogens with one attached hydrogen (secondary N) is 1. The first-order valence-corrected chi connectivity index (χ1v) is 5.82. The van der Waals surface area contributed by atoms with Crippen LogP contribution in [0.15, 0.2) is 30.4 Å². The third-order valence-corrected chi connectivity index (χ3v) is 2.31. The summed E-state index contributed by atoms with van der Waals surface area (Å²) in [6.07, 6.45) is 0. The molecule has 0 aliphatic rings. The highest BCUT2D eigenvalue weighted by molar-refractivity contribution is 5.40. The number of benzene rings is 1. The summed E-state index contributed by atoms with van der Waals surface area (Å²) in [5.41, 5.74) is 2.11. The Labute approximate surface area is 103 Å². The van der Waals surface area contributed by atoms with Gasteiger partial charge in [-0.25, -0.2) is 0 Å². The minimum Gasteiger partial charge on any atom is -0.497 e. The molecule has 0 saturated heterocycles. The van der Waals surface area contributed by atoms with Crippen molar-refractivity contribution in [3.05, 3.63) is 35.9 Å². The van der Waals surface area contributed by atoms with Crippen LogP contribution in [0.4, 0.5) is 0 Å². The molecule has 0 aromatic heterocycles. The van der Waals surface area contributed by atoms with Gasteiger partial charge in [-0.2, -0.15) is 0 Å². The smallest absolute Gasteiger partial charge is 0.124 e. The van der Waals surface area contributed by atoms with Crippen LogP contribution in [0.5, 0.6) is 11.5 Å². The summed E-state index contributed by atoms with van der Waals surface area (Å²) >= 11 is 0. The minimum absolute atomic E-state index is 0.547. The average Bonchev–Trinajstić information content (AvgIpc) is 2.34. The summed E-state index contributed by atoms with van der Waals surface area (Å²) in [4.78, 5) is 0. The summed E-state index contributed by atoms with van der Waals surface area (Å²) in [5, 5.41) is 3.29. The SMILES string of the molecule is C=C(C)COc1ccc(OC)cc1CNCC. The molecule has 0 spiro atoms. The van der Waals surface area contributed by atoms with Crippen molar-refractivity contribution in [3.8, 4) is 11.5 Å². The van der Waals surface area contributed by atoms with Gasteiger partial charge in [0.2, 0.25) is 0 Å². The maximum absolute atomic E-state index is 5.70. The molecule has 0 fully saturated rings. The lowest BCUT2D eigenvalue weighted by atomic mass is 10.2. The van der Waals surface area contributed by atoms with E-state index < -0.39 is 0 Å². The third-order valence-electron chi connectivity index (χ3n) is 2.31. The first-order chi connectivity index (χ1) is 8.17. The Hall–Kier alpha value is -1.48. The molecule has 0 aliphatic heterocycles. The molecule has 0 bridgehead atoms. The third kappa shape index (κ3) is 4.49. The van der Waals surface area contributed by atoms with E-state index in [-0.39, 0.29) is 0 Å². The summed E-state index contributed by atoms with van der Waals surface area (Å²) in [7, 11) is 1.67. The van der Waals surface area contributed by atoms with E-state index >= 15 is 0 Å². The van der Waals surface area contributed by atoms with Crippen molar-refractivity contribution >= 4 is 0 Å². The Kier molecular flexibility index (Phi) is 5.57. The molecule has 94 valence electrons. The maximum Gasteiger partial charge on any atom is 0.124 e. The second kappa shape index (κ2) is 6.97. The van der Waals surface area contributed by atoms with E-state index in [9.17, 15) is 0 Å². The van der Waals surface area contributed by atoms with Gasteiger partial charge in [0.15, 0.2) is 0 Å². The van der Waals surface area contributed by atoms with E-state index in [1.165, 1.54) is 0 Å². The average molecular weight is 235 g/mol. The molecule has 0 unspecified atom stereocenters. The van der Waals surface area contributed by atoms with Gasteiger partial charge < -0.3 is 14.8 Å². The second-order valence-corrected chi connectivity index (χ2v) is 4.00. The van der Waals surface area contributed by atoms with Crippen LogP contribution >= 0.6 is 0 Å². The molecule has 0 aliphatic carbocycles. The topological polar surface area (TPSA) is 30.5 Å². The molecule has 1 aromatic rings. The van der Waals surface area contributed by atoms with Crippen molar-refractivity contribution in [2.24, 2.45) is 0 Å². The normalized spacial score (nSPS) is 10.1. The number of methoxy groups -OCH3 is 1. The van der Waals surface area contributed by atoms with Gasteiger partial charge in [-0.3, -0.25) is 0 Å². The van der Waals surface area contributed by atoms with E-state index in [0.717, 1.165) is 35.7 Å². The van der Waals surface area contributed by atoms with Gasteiger partial charge >= 0.3 is 0 Å². The molecule has 1 aromatic carbocycles. The van der Waals surface area contributed by atoms with E-state index in [2.05, 4.69) is 18.8 Å². The Morgan fingerprint density at radius 1 is 1.41 bits per heavy atom. The highest BCUT2D eigenvalue weighted by Crippen LogP contribution is 2.24. The highest BCUT2D eigenvalue weighted by atomic mass is 16.5. The summed E-state index contributed by atoms with van der Waals surface area (Å²) in [6.45, 7) is 10.1. The van der Waals surface area contributed by atoms with Gasteiger partial charge in [0.05, 0.1) is 7.11 Å². The molecule has 0 atom stereocenters. The van der Waals surface area contributed by atoms with Gasteiger partial charge in [0.25, 0.3) is 0 Å². The second-order valence-electron chi connectivity index (χ2n) is 4.00. The van der Waals surface area contributed by atoms with Gasteiger partial charge in [0, 0.05) is 12.1 Å². The predicted molar refractivity (Wildman–Crippen MR) is 70.7 cm³/mol. The maximum atomic E-state index is 5.70. The highest BCUT2D eigenvalue weighted by Gasteiger charge is 2.05. The van der Waals surface area contributed by atoms with E-state index in [0.29, 0.717) is 6.61 Å². The largest absolute Gasteiger partial charge is 0.497 e.